The number of benzene rings is 1. The molecule has 0 aliphatic carbocycles. The van der Waals surface area contributed by atoms with Crippen LogP contribution >= 0.6 is 0 Å². The highest BCUT2D eigenvalue weighted by molar-refractivity contribution is 5.95. The third-order valence-corrected chi connectivity index (χ3v) is 4.72. The molecule has 31 heavy (non-hydrogen) atoms. The summed E-state index contributed by atoms with van der Waals surface area (Å²) in [6.07, 6.45) is -2.18. The Morgan fingerprint density at radius 1 is 1.32 bits per heavy atom. The van der Waals surface area contributed by atoms with Crippen LogP contribution in [0.15, 0.2) is 30.9 Å². The first kappa shape index (κ1) is 22.2. The van der Waals surface area contributed by atoms with E-state index in [-0.39, 0.29) is 36.3 Å². The number of aromatic nitrogens is 3. The number of hydrogen-bond acceptors (Lipinski definition) is 6. The van der Waals surface area contributed by atoms with Gasteiger partial charge in [0.2, 0.25) is 5.91 Å². The molecule has 9 nitrogen and oxygen atoms in total. The molecule has 0 saturated carbocycles. The molecule has 2 amide bonds. The number of nitrogens with one attached hydrogen (secondary N) is 1. The third-order valence-electron chi connectivity index (χ3n) is 4.72. The van der Waals surface area contributed by atoms with E-state index in [1.807, 2.05) is 13.8 Å². The van der Waals surface area contributed by atoms with Gasteiger partial charge >= 0.3 is 12.1 Å². The molecular weight excluding hydrogens is 419 g/mol. The second-order valence-corrected chi connectivity index (χ2v) is 7.27. The second kappa shape index (κ2) is 8.74. The predicted octanol–water partition coefficient (Wildman–Crippen LogP) is 2.02. The van der Waals surface area contributed by atoms with Gasteiger partial charge in [0.25, 0.3) is 5.91 Å². The molecule has 12 heteroatoms. The molecule has 3 rings (SSSR count). The molecule has 0 bridgehead atoms. The Morgan fingerprint density at radius 3 is 2.65 bits per heavy atom. The Morgan fingerprint density at radius 2 is 2.06 bits per heavy atom. The zero-order valence-electron chi connectivity index (χ0n) is 16.7. The Kier molecular flexibility index (Phi) is 6.27. The average molecular weight is 439 g/mol. The van der Waals surface area contributed by atoms with Crippen molar-refractivity contribution in [2.75, 3.05) is 18.5 Å². The first-order valence-electron chi connectivity index (χ1n) is 9.38. The van der Waals surface area contributed by atoms with Crippen molar-refractivity contribution in [1.82, 2.24) is 19.7 Å². The minimum absolute atomic E-state index is 0.0112. The van der Waals surface area contributed by atoms with E-state index in [1.54, 1.807) is 4.90 Å². The number of rotatable bonds is 6. The van der Waals surface area contributed by atoms with E-state index in [0.29, 0.717) is 0 Å². The van der Waals surface area contributed by atoms with Crippen LogP contribution in [0.2, 0.25) is 0 Å². The van der Waals surface area contributed by atoms with Crippen molar-refractivity contribution >= 4 is 23.5 Å². The number of esters is 1. The van der Waals surface area contributed by atoms with Crippen molar-refractivity contribution in [3.63, 3.8) is 0 Å². The standard InChI is InChI=1S/C19H20F3N5O4/c1-11(2)26-7-12(5-17(26)29)18(30)31-8-16(28)25-14-6-13(19(20,21)22)3-4-15(14)27-10-23-9-24-27/h3-4,6,9-12H,5,7-8H2,1-2H3,(H,25,28). The summed E-state index contributed by atoms with van der Waals surface area (Å²) in [4.78, 5) is 41.6. The predicted molar refractivity (Wildman–Crippen MR) is 101 cm³/mol. The molecule has 2 aromatic rings. The van der Waals surface area contributed by atoms with Gasteiger partial charge in [0.05, 0.1) is 22.9 Å². The fraction of sp³-hybridized carbons (Fsp3) is 0.421. The normalized spacial score (nSPS) is 16.6. The van der Waals surface area contributed by atoms with Crippen LogP contribution in [-0.4, -0.2) is 56.6 Å². The second-order valence-electron chi connectivity index (χ2n) is 7.27. The summed E-state index contributed by atoms with van der Waals surface area (Å²) in [5, 5.41) is 6.16. The van der Waals surface area contributed by atoms with Gasteiger partial charge in [-0.3, -0.25) is 14.4 Å². The van der Waals surface area contributed by atoms with Crippen LogP contribution in [-0.2, 0) is 25.3 Å². The van der Waals surface area contributed by atoms with Crippen LogP contribution in [0, 0.1) is 5.92 Å². The molecule has 1 aliphatic heterocycles. The van der Waals surface area contributed by atoms with Gasteiger partial charge in [0, 0.05) is 19.0 Å². The summed E-state index contributed by atoms with van der Waals surface area (Å²) >= 11 is 0. The number of alkyl halides is 3. The minimum Gasteiger partial charge on any atom is -0.455 e. The lowest BCUT2D eigenvalue weighted by molar-refractivity contribution is -0.151. The minimum atomic E-state index is -4.62. The number of ether oxygens (including phenoxy) is 1. The maximum Gasteiger partial charge on any atom is 0.416 e. The van der Waals surface area contributed by atoms with Crippen molar-refractivity contribution in [2.24, 2.45) is 5.92 Å². The van der Waals surface area contributed by atoms with Crippen molar-refractivity contribution in [2.45, 2.75) is 32.5 Å². The number of amides is 2. The van der Waals surface area contributed by atoms with E-state index >= 15 is 0 Å². The highest BCUT2D eigenvalue weighted by Gasteiger charge is 2.36. The van der Waals surface area contributed by atoms with Crippen molar-refractivity contribution in [3.8, 4) is 5.69 Å². The van der Waals surface area contributed by atoms with Crippen LogP contribution in [0.1, 0.15) is 25.8 Å². The van der Waals surface area contributed by atoms with Crippen LogP contribution < -0.4 is 5.32 Å². The lowest BCUT2D eigenvalue weighted by Gasteiger charge is -2.20. The zero-order chi connectivity index (χ0) is 22.8. The summed E-state index contributed by atoms with van der Waals surface area (Å²) in [6, 6.07) is 2.69. The number of anilines is 1. The molecule has 1 unspecified atom stereocenters. The van der Waals surface area contributed by atoms with Crippen LogP contribution in [0.4, 0.5) is 18.9 Å². The van der Waals surface area contributed by atoms with Crippen molar-refractivity contribution in [1.29, 1.82) is 0 Å². The van der Waals surface area contributed by atoms with Gasteiger partial charge in [-0.1, -0.05) is 0 Å². The monoisotopic (exact) mass is 439 g/mol. The van der Waals surface area contributed by atoms with E-state index in [4.69, 9.17) is 4.74 Å². The molecule has 1 aromatic carbocycles. The maximum absolute atomic E-state index is 13.1. The molecule has 1 aliphatic rings. The molecule has 166 valence electrons. The molecule has 1 atom stereocenters. The molecule has 0 spiro atoms. The van der Waals surface area contributed by atoms with Crippen molar-refractivity contribution in [3.05, 3.63) is 36.4 Å². The molecule has 2 heterocycles. The summed E-state index contributed by atoms with van der Waals surface area (Å²) in [7, 11) is 0. The molecule has 0 radical (unpaired) electrons. The quantitative estimate of drug-likeness (QED) is 0.691. The van der Waals surface area contributed by atoms with Crippen molar-refractivity contribution < 1.29 is 32.3 Å². The van der Waals surface area contributed by atoms with E-state index < -0.39 is 36.1 Å². The van der Waals surface area contributed by atoms with Gasteiger partial charge in [-0.25, -0.2) is 9.67 Å². The van der Waals surface area contributed by atoms with E-state index in [9.17, 15) is 27.6 Å². The fourth-order valence-electron chi connectivity index (χ4n) is 3.17. The van der Waals surface area contributed by atoms with Crippen LogP contribution in [0.3, 0.4) is 0 Å². The first-order valence-corrected chi connectivity index (χ1v) is 9.38. The lowest BCUT2D eigenvalue weighted by Crippen LogP contribution is -2.33. The number of hydrogen-bond donors (Lipinski definition) is 1. The van der Waals surface area contributed by atoms with Gasteiger partial charge in [-0.2, -0.15) is 18.3 Å². The summed E-state index contributed by atoms with van der Waals surface area (Å²) in [5.41, 5.74) is -0.996. The topological polar surface area (TPSA) is 106 Å². The third kappa shape index (κ3) is 5.19. The smallest absolute Gasteiger partial charge is 0.416 e. The van der Waals surface area contributed by atoms with Gasteiger partial charge in [-0.15, -0.1) is 0 Å². The van der Waals surface area contributed by atoms with E-state index in [1.165, 1.54) is 17.3 Å². The van der Waals surface area contributed by atoms with Gasteiger partial charge in [0.1, 0.15) is 12.7 Å². The van der Waals surface area contributed by atoms with E-state index in [2.05, 4.69) is 15.4 Å². The Hall–Kier alpha value is -3.44. The number of likely N-dealkylation sites (tertiary alicyclic amines) is 1. The number of halogens is 3. The Bertz CT molecular complexity index is 975. The first-order chi connectivity index (χ1) is 14.6. The summed E-state index contributed by atoms with van der Waals surface area (Å²) < 4.78 is 45.4. The highest BCUT2D eigenvalue weighted by Crippen LogP contribution is 2.33. The molecule has 1 saturated heterocycles. The fourth-order valence-corrected chi connectivity index (χ4v) is 3.17. The number of nitrogens with zero attached hydrogens (tertiary/aromatic N) is 4. The molecule has 1 N–H and O–H groups in total. The number of carbonyl (C=O) groups is 3. The Labute approximate surface area is 175 Å². The van der Waals surface area contributed by atoms with Gasteiger partial charge < -0.3 is 15.0 Å². The molecular formula is C19H20F3N5O4. The van der Waals surface area contributed by atoms with E-state index in [0.717, 1.165) is 18.2 Å². The van der Waals surface area contributed by atoms with Crippen LogP contribution in [0.25, 0.3) is 5.69 Å². The average Bonchev–Trinajstić information content (AvgIpc) is 3.35. The molecule has 1 fully saturated rings. The molecule has 1 aromatic heterocycles. The van der Waals surface area contributed by atoms with Gasteiger partial charge in [-0.05, 0) is 32.0 Å². The summed E-state index contributed by atoms with van der Waals surface area (Å²) in [6.45, 7) is 3.13. The lowest BCUT2D eigenvalue weighted by atomic mass is 10.1. The zero-order valence-corrected chi connectivity index (χ0v) is 16.7. The number of carbonyl (C=O) groups excluding carboxylic acids is 3. The highest BCUT2D eigenvalue weighted by atomic mass is 19.4. The summed E-state index contributed by atoms with van der Waals surface area (Å²) in [5.74, 6) is -2.42. The van der Waals surface area contributed by atoms with Crippen LogP contribution in [0.5, 0.6) is 0 Å². The largest absolute Gasteiger partial charge is 0.455 e. The Balaban J connectivity index is 1.67. The maximum atomic E-state index is 13.1. The van der Waals surface area contributed by atoms with Gasteiger partial charge in [0.15, 0.2) is 6.61 Å². The SMILES string of the molecule is CC(C)N1CC(C(=O)OCC(=O)Nc2cc(C(F)(F)F)ccc2-n2cncn2)CC1=O.